The van der Waals surface area contributed by atoms with Crippen LogP contribution in [0.4, 0.5) is 0 Å². The van der Waals surface area contributed by atoms with E-state index < -0.39 is 0 Å². The third-order valence-corrected chi connectivity index (χ3v) is 4.67. The molecule has 2 atom stereocenters. The van der Waals surface area contributed by atoms with Crippen LogP contribution in [0.3, 0.4) is 0 Å². The molecule has 15 heavy (non-hydrogen) atoms. The van der Waals surface area contributed by atoms with Gasteiger partial charge in [0.15, 0.2) is 0 Å². The lowest BCUT2D eigenvalue weighted by Crippen LogP contribution is -2.29. The molecular weight excluding hydrogens is 202 g/mol. The summed E-state index contributed by atoms with van der Waals surface area (Å²) in [5, 5.41) is 5.37. The number of hydrogen-bond donors (Lipinski definition) is 1. The zero-order chi connectivity index (χ0) is 11.1. The smallest absolute Gasteiger partial charge is 0.00497 e. The summed E-state index contributed by atoms with van der Waals surface area (Å²) >= 11 is 2.23. The molecule has 0 aromatic heterocycles. The summed E-state index contributed by atoms with van der Waals surface area (Å²) < 4.78 is 0. The Balaban J connectivity index is 2.08. The van der Waals surface area contributed by atoms with E-state index in [0.717, 1.165) is 10.5 Å². The standard InChI is InChI=1S/C13H27NS/c1-4-9-14-11(2)10-12(3)15-13-7-5-6-8-13/h11-14H,4-10H2,1-3H3. The van der Waals surface area contributed by atoms with Gasteiger partial charge in [-0.25, -0.2) is 0 Å². The molecule has 0 radical (unpaired) electrons. The van der Waals surface area contributed by atoms with E-state index in [4.69, 9.17) is 0 Å². The van der Waals surface area contributed by atoms with Crippen LogP contribution in [-0.2, 0) is 0 Å². The second-order valence-corrected chi connectivity index (χ2v) is 6.69. The molecule has 1 rings (SSSR count). The molecule has 2 heteroatoms. The van der Waals surface area contributed by atoms with Crippen molar-refractivity contribution in [3.63, 3.8) is 0 Å². The topological polar surface area (TPSA) is 12.0 Å². The predicted octanol–water partition coefficient (Wildman–Crippen LogP) is 3.83. The second kappa shape index (κ2) is 7.56. The van der Waals surface area contributed by atoms with Gasteiger partial charge >= 0.3 is 0 Å². The Kier molecular flexibility index (Phi) is 6.74. The maximum Gasteiger partial charge on any atom is 0.00497 e. The van der Waals surface area contributed by atoms with Crippen molar-refractivity contribution in [1.29, 1.82) is 0 Å². The molecule has 1 saturated carbocycles. The van der Waals surface area contributed by atoms with Crippen LogP contribution in [0.15, 0.2) is 0 Å². The van der Waals surface area contributed by atoms with E-state index in [1.807, 2.05) is 0 Å². The Bertz CT molecular complexity index is 155. The Hall–Kier alpha value is 0.310. The minimum atomic E-state index is 0.689. The molecule has 2 unspecified atom stereocenters. The number of hydrogen-bond acceptors (Lipinski definition) is 2. The largest absolute Gasteiger partial charge is 0.314 e. The van der Waals surface area contributed by atoms with Crippen LogP contribution in [0.1, 0.15) is 59.3 Å². The summed E-state index contributed by atoms with van der Waals surface area (Å²) in [7, 11) is 0. The number of thioether (sulfide) groups is 1. The molecule has 1 fully saturated rings. The van der Waals surface area contributed by atoms with Crippen LogP contribution in [-0.4, -0.2) is 23.1 Å². The van der Waals surface area contributed by atoms with Gasteiger partial charge in [-0.15, -0.1) is 0 Å². The molecule has 0 aromatic carbocycles. The molecular formula is C13H27NS. The number of rotatable bonds is 7. The normalized spacial score (nSPS) is 21.8. The fourth-order valence-corrected chi connectivity index (χ4v) is 4.04. The first-order valence-electron chi connectivity index (χ1n) is 6.61. The lowest BCUT2D eigenvalue weighted by Gasteiger charge is -2.20. The third kappa shape index (κ3) is 5.82. The third-order valence-electron chi connectivity index (χ3n) is 3.16. The second-order valence-electron chi connectivity index (χ2n) is 4.94. The predicted molar refractivity (Wildman–Crippen MR) is 71.7 cm³/mol. The van der Waals surface area contributed by atoms with Gasteiger partial charge in [0.1, 0.15) is 0 Å². The molecule has 0 aromatic rings. The van der Waals surface area contributed by atoms with Gasteiger partial charge in [-0.3, -0.25) is 0 Å². The van der Waals surface area contributed by atoms with Crippen LogP contribution >= 0.6 is 11.8 Å². The van der Waals surface area contributed by atoms with Gasteiger partial charge < -0.3 is 5.32 Å². The van der Waals surface area contributed by atoms with Crippen LogP contribution < -0.4 is 5.32 Å². The van der Waals surface area contributed by atoms with E-state index in [0.29, 0.717) is 6.04 Å². The van der Waals surface area contributed by atoms with Crippen molar-refractivity contribution in [2.24, 2.45) is 0 Å². The van der Waals surface area contributed by atoms with E-state index in [1.54, 1.807) is 0 Å². The lowest BCUT2D eigenvalue weighted by atomic mass is 10.2. The molecule has 90 valence electrons. The van der Waals surface area contributed by atoms with Crippen molar-refractivity contribution < 1.29 is 0 Å². The highest BCUT2D eigenvalue weighted by atomic mass is 32.2. The quantitative estimate of drug-likeness (QED) is 0.712. The van der Waals surface area contributed by atoms with Gasteiger partial charge in [0.05, 0.1) is 0 Å². The van der Waals surface area contributed by atoms with Gasteiger partial charge in [0.2, 0.25) is 0 Å². The average Bonchev–Trinajstić information content (AvgIpc) is 2.67. The highest BCUT2D eigenvalue weighted by Crippen LogP contribution is 2.33. The summed E-state index contributed by atoms with van der Waals surface area (Å²) in [6.45, 7) is 8.12. The van der Waals surface area contributed by atoms with Crippen LogP contribution in [0.2, 0.25) is 0 Å². The Morgan fingerprint density at radius 2 is 1.93 bits per heavy atom. The monoisotopic (exact) mass is 229 g/mol. The van der Waals surface area contributed by atoms with E-state index in [-0.39, 0.29) is 0 Å². The number of nitrogens with one attached hydrogen (secondary N) is 1. The minimum Gasteiger partial charge on any atom is -0.314 e. The molecule has 1 aliphatic carbocycles. The molecule has 0 heterocycles. The van der Waals surface area contributed by atoms with Gasteiger partial charge in [-0.2, -0.15) is 11.8 Å². The highest BCUT2D eigenvalue weighted by molar-refractivity contribution is 8.00. The first-order chi connectivity index (χ1) is 7.22. The van der Waals surface area contributed by atoms with Gasteiger partial charge in [0, 0.05) is 16.5 Å². The molecule has 0 spiro atoms. The lowest BCUT2D eigenvalue weighted by molar-refractivity contribution is 0.512. The zero-order valence-corrected chi connectivity index (χ0v) is 11.4. The van der Waals surface area contributed by atoms with Crippen molar-refractivity contribution >= 4 is 11.8 Å². The fraction of sp³-hybridized carbons (Fsp3) is 1.00. The molecule has 0 aliphatic heterocycles. The summed E-state index contributed by atoms with van der Waals surface area (Å²) in [5.74, 6) is 0. The summed E-state index contributed by atoms with van der Waals surface area (Å²) in [4.78, 5) is 0. The molecule has 0 saturated heterocycles. The molecule has 1 N–H and O–H groups in total. The van der Waals surface area contributed by atoms with Crippen molar-refractivity contribution in [1.82, 2.24) is 5.32 Å². The van der Waals surface area contributed by atoms with Crippen molar-refractivity contribution in [3.8, 4) is 0 Å². The summed E-state index contributed by atoms with van der Waals surface area (Å²) in [5.41, 5.74) is 0. The molecule has 1 aliphatic rings. The van der Waals surface area contributed by atoms with Crippen LogP contribution in [0.5, 0.6) is 0 Å². The Morgan fingerprint density at radius 3 is 2.53 bits per heavy atom. The zero-order valence-electron chi connectivity index (χ0n) is 10.6. The summed E-state index contributed by atoms with van der Waals surface area (Å²) in [6, 6.07) is 0.689. The van der Waals surface area contributed by atoms with Crippen molar-refractivity contribution in [3.05, 3.63) is 0 Å². The maximum atomic E-state index is 3.57. The Morgan fingerprint density at radius 1 is 1.27 bits per heavy atom. The maximum absolute atomic E-state index is 3.57. The minimum absolute atomic E-state index is 0.689. The summed E-state index contributed by atoms with van der Waals surface area (Å²) in [6.07, 6.45) is 8.43. The van der Waals surface area contributed by atoms with E-state index in [1.165, 1.54) is 45.1 Å². The Labute approximate surface area is 99.8 Å². The van der Waals surface area contributed by atoms with E-state index >= 15 is 0 Å². The van der Waals surface area contributed by atoms with Gasteiger partial charge in [-0.05, 0) is 39.2 Å². The van der Waals surface area contributed by atoms with E-state index in [2.05, 4.69) is 37.8 Å². The SMILES string of the molecule is CCCNC(C)CC(C)SC1CCCC1. The molecule has 1 nitrogen and oxygen atoms in total. The fourth-order valence-electron chi connectivity index (χ4n) is 2.38. The first-order valence-corrected chi connectivity index (χ1v) is 7.55. The van der Waals surface area contributed by atoms with Crippen molar-refractivity contribution in [2.45, 2.75) is 75.8 Å². The van der Waals surface area contributed by atoms with Crippen LogP contribution in [0.25, 0.3) is 0 Å². The van der Waals surface area contributed by atoms with Crippen LogP contribution in [0, 0.1) is 0 Å². The molecule has 0 amide bonds. The molecule has 0 bridgehead atoms. The van der Waals surface area contributed by atoms with E-state index in [9.17, 15) is 0 Å². The average molecular weight is 229 g/mol. The highest BCUT2D eigenvalue weighted by Gasteiger charge is 2.19. The first kappa shape index (κ1) is 13.4. The van der Waals surface area contributed by atoms with Gasteiger partial charge in [0.25, 0.3) is 0 Å². The van der Waals surface area contributed by atoms with Crippen molar-refractivity contribution in [2.75, 3.05) is 6.54 Å². The van der Waals surface area contributed by atoms with Gasteiger partial charge in [-0.1, -0.05) is 26.7 Å².